The number of hydrogen-bond acceptors (Lipinski definition) is 5. The Hall–Kier alpha value is -3.37. The Labute approximate surface area is 179 Å². The summed E-state index contributed by atoms with van der Waals surface area (Å²) in [4.78, 5) is 38.2. The molecule has 8 heteroatoms. The Morgan fingerprint density at radius 3 is 2.63 bits per heavy atom. The lowest BCUT2D eigenvalue weighted by Gasteiger charge is -2.17. The first-order valence-corrected chi connectivity index (χ1v) is 9.84. The average Bonchev–Trinajstić information content (AvgIpc) is 3.14. The zero-order chi connectivity index (χ0) is 21.7. The SMILES string of the molecule is CCc1ccc(N2CC(C(=O)OCC(=O)Nc3ccc(C#N)c(Cl)c3)CC2=O)cc1. The number of ether oxygens (including phenoxy) is 1. The van der Waals surface area contributed by atoms with E-state index < -0.39 is 24.4 Å². The van der Waals surface area contributed by atoms with Gasteiger partial charge in [-0.3, -0.25) is 14.4 Å². The fourth-order valence-corrected chi connectivity index (χ4v) is 3.38. The fourth-order valence-electron chi connectivity index (χ4n) is 3.16. The topological polar surface area (TPSA) is 99.5 Å². The van der Waals surface area contributed by atoms with Gasteiger partial charge in [0.05, 0.1) is 16.5 Å². The highest BCUT2D eigenvalue weighted by Crippen LogP contribution is 2.26. The highest BCUT2D eigenvalue weighted by molar-refractivity contribution is 6.32. The summed E-state index contributed by atoms with van der Waals surface area (Å²) < 4.78 is 5.09. The van der Waals surface area contributed by atoms with Crippen LogP contribution in [0.5, 0.6) is 0 Å². The molecule has 1 heterocycles. The summed E-state index contributed by atoms with van der Waals surface area (Å²) in [5.74, 6) is -1.91. The Kier molecular flexibility index (Phi) is 6.70. The van der Waals surface area contributed by atoms with Crippen LogP contribution in [0.4, 0.5) is 11.4 Å². The highest BCUT2D eigenvalue weighted by Gasteiger charge is 2.36. The molecule has 1 saturated heterocycles. The van der Waals surface area contributed by atoms with E-state index in [4.69, 9.17) is 21.6 Å². The van der Waals surface area contributed by atoms with Gasteiger partial charge in [-0.1, -0.05) is 30.7 Å². The first kappa shape index (κ1) is 21.3. The zero-order valence-corrected chi connectivity index (χ0v) is 17.1. The van der Waals surface area contributed by atoms with Crippen molar-refractivity contribution < 1.29 is 19.1 Å². The van der Waals surface area contributed by atoms with E-state index in [1.54, 1.807) is 4.90 Å². The molecule has 7 nitrogen and oxygen atoms in total. The molecule has 1 aliphatic rings. The molecule has 0 radical (unpaired) electrons. The van der Waals surface area contributed by atoms with Gasteiger partial charge < -0.3 is 15.0 Å². The molecule has 0 aromatic heterocycles. The van der Waals surface area contributed by atoms with Gasteiger partial charge in [-0.05, 0) is 42.3 Å². The first-order chi connectivity index (χ1) is 14.4. The second-order valence-corrected chi connectivity index (χ2v) is 7.29. The highest BCUT2D eigenvalue weighted by atomic mass is 35.5. The van der Waals surface area contributed by atoms with E-state index in [0.717, 1.165) is 17.7 Å². The van der Waals surface area contributed by atoms with Crippen molar-refractivity contribution in [2.45, 2.75) is 19.8 Å². The van der Waals surface area contributed by atoms with E-state index >= 15 is 0 Å². The Morgan fingerprint density at radius 1 is 1.27 bits per heavy atom. The minimum atomic E-state index is -0.625. The number of anilines is 2. The summed E-state index contributed by atoms with van der Waals surface area (Å²) in [6, 6.07) is 14.0. The van der Waals surface area contributed by atoms with Crippen LogP contribution >= 0.6 is 11.6 Å². The number of nitrogens with zero attached hydrogens (tertiary/aromatic N) is 2. The molecule has 0 aliphatic carbocycles. The van der Waals surface area contributed by atoms with E-state index in [9.17, 15) is 14.4 Å². The van der Waals surface area contributed by atoms with Crippen LogP contribution < -0.4 is 10.2 Å². The van der Waals surface area contributed by atoms with Gasteiger partial charge in [0.25, 0.3) is 5.91 Å². The number of rotatable bonds is 6. The van der Waals surface area contributed by atoms with Crippen LogP contribution in [0.2, 0.25) is 5.02 Å². The van der Waals surface area contributed by atoms with Crippen LogP contribution in [0.3, 0.4) is 0 Å². The molecule has 0 bridgehead atoms. The number of esters is 1. The van der Waals surface area contributed by atoms with Gasteiger partial charge in [0.2, 0.25) is 5.91 Å². The van der Waals surface area contributed by atoms with Gasteiger partial charge in [-0.2, -0.15) is 5.26 Å². The summed E-state index contributed by atoms with van der Waals surface area (Å²) in [7, 11) is 0. The number of benzene rings is 2. The third kappa shape index (κ3) is 4.97. The Balaban J connectivity index is 1.52. The molecule has 1 aliphatic heterocycles. The number of nitriles is 1. The maximum absolute atomic E-state index is 12.3. The molecule has 2 aromatic carbocycles. The number of carbonyl (C=O) groups is 3. The number of aryl methyl sites for hydroxylation is 1. The second kappa shape index (κ2) is 9.42. The maximum Gasteiger partial charge on any atom is 0.311 e. The van der Waals surface area contributed by atoms with Crippen LogP contribution in [0.25, 0.3) is 0 Å². The van der Waals surface area contributed by atoms with Gasteiger partial charge in [0.1, 0.15) is 6.07 Å². The van der Waals surface area contributed by atoms with Gasteiger partial charge >= 0.3 is 5.97 Å². The van der Waals surface area contributed by atoms with Crippen LogP contribution in [-0.4, -0.2) is 30.9 Å². The van der Waals surface area contributed by atoms with Crippen molar-refractivity contribution in [1.29, 1.82) is 5.26 Å². The molecule has 30 heavy (non-hydrogen) atoms. The third-order valence-corrected chi connectivity index (χ3v) is 5.15. The standard InChI is InChI=1S/C22H20ClN3O4/c1-2-14-3-7-18(8-4-14)26-12-16(9-21(26)28)22(29)30-13-20(27)25-17-6-5-15(11-24)19(23)10-17/h3-8,10,16H,2,9,12-13H2,1H3,(H,25,27). The summed E-state index contributed by atoms with van der Waals surface area (Å²) in [5.41, 5.74) is 2.58. The van der Waals surface area contributed by atoms with Crippen LogP contribution in [0.1, 0.15) is 24.5 Å². The largest absolute Gasteiger partial charge is 0.455 e. The number of hydrogen-bond donors (Lipinski definition) is 1. The second-order valence-electron chi connectivity index (χ2n) is 6.89. The lowest BCUT2D eigenvalue weighted by atomic mass is 10.1. The minimum absolute atomic E-state index is 0.0429. The summed E-state index contributed by atoms with van der Waals surface area (Å²) >= 11 is 5.93. The van der Waals surface area contributed by atoms with E-state index in [-0.39, 0.29) is 23.9 Å². The summed E-state index contributed by atoms with van der Waals surface area (Å²) in [5, 5.41) is 11.6. The number of carbonyl (C=O) groups excluding carboxylic acids is 3. The summed E-state index contributed by atoms with van der Waals surface area (Å²) in [6.45, 7) is 1.79. The van der Waals surface area contributed by atoms with Crippen molar-refractivity contribution in [2.24, 2.45) is 5.92 Å². The molecule has 2 amide bonds. The fraction of sp³-hybridized carbons (Fsp3) is 0.273. The van der Waals surface area contributed by atoms with Crippen molar-refractivity contribution in [3.8, 4) is 6.07 Å². The minimum Gasteiger partial charge on any atom is -0.455 e. The van der Waals surface area contributed by atoms with Crippen LogP contribution in [-0.2, 0) is 25.5 Å². The van der Waals surface area contributed by atoms with Crippen LogP contribution in [0.15, 0.2) is 42.5 Å². The van der Waals surface area contributed by atoms with Gasteiger partial charge in [0, 0.05) is 24.3 Å². The normalized spacial score (nSPS) is 15.6. The van der Waals surface area contributed by atoms with Gasteiger partial charge in [-0.15, -0.1) is 0 Å². The van der Waals surface area contributed by atoms with Crippen molar-refractivity contribution in [2.75, 3.05) is 23.4 Å². The molecule has 2 aromatic rings. The molecule has 1 fully saturated rings. The number of nitrogens with one attached hydrogen (secondary N) is 1. The smallest absolute Gasteiger partial charge is 0.311 e. The maximum atomic E-state index is 12.3. The zero-order valence-electron chi connectivity index (χ0n) is 16.4. The first-order valence-electron chi connectivity index (χ1n) is 9.46. The Bertz CT molecular complexity index is 1010. The number of amides is 2. The lowest BCUT2D eigenvalue weighted by Crippen LogP contribution is -2.28. The van der Waals surface area contributed by atoms with Crippen LogP contribution in [0, 0.1) is 17.2 Å². The molecule has 3 rings (SSSR count). The van der Waals surface area contributed by atoms with Gasteiger partial charge in [0.15, 0.2) is 6.61 Å². The predicted molar refractivity (Wildman–Crippen MR) is 112 cm³/mol. The molecule has 0 spiro atoms. The molecule has 0 saturated carbocycles. The predicted octanol–water partition coefficient (Wildman–Crippen LogP) is 3.31. The van der Waals surface area contributed by atoms with Crippen molar-refractivity contribution in [3.05, 3.63) is 58.6 Å². The van der Waals surface area contributed by atoms with Crippen molar-refractivity contribution >= 4 is 40.8 Å². The third-order valence-electron chi connectivity index (χ3n) is 4.83. The summed E-state index contributed by atoms with van der Waals surface area (Å²) in [6.07, 6.45) is 0.946. The van der Waals surface area contributed by atoms with E-state index in [0.29, 0.717) is 11.3 Å². The lowest BCUT2D eigenvalue weighted by molar-refractivity contribution is -0.151. The quantitative estimate of drug-likeness (QED) is 0.716. The van der Waals surface area contributed by atoms with E-state index in [2.05, 4.69) is 5.32 Å². The number of halogens is 1. The average molecular weight is 426 g/mol. The molecule has 1 N–H and O–H groups in total. The molecule has 1 atom stereocenters. The van der Waals surface area contributed by atoms with Crippen molar-refractivity contribution in [3.63, 3.8) is 0 Å². The van der Waals surface area contributed by atoms with E-state index in [1.807, 2.05) is 37.3 Å². The monoisotopic (exact) mass is 425 g/mol. The molecular formula is C22H20ClN3O4. The van der Waals surface area contributed by atoms with Gasteiger partial charge in [-0.25, -0.2) is 0 Å². The van der Waals surface area contributed by atoms with Crippen molar-refractivity contribution in [1.82, 2.24) is 0 Å². The Morgan fingerprint density at radius 2 is 2.00 bits per heavy atom. The molecular weight excluding hydrogens is 406 g/mol. The molecule has 1 unspecified atom stereocenters. The van der Waals surface area contributed by atoms with E-state index in [1.165, 1.54) is 18.2 Å². The molecule has 154 valence electrons.